The van der Waals surface area contributed by atoms with Crippen molar-refractivity contribution in [2.45, 2.75) is 31.1 Å². The SMILES string of the molecule is COCC(C)n1c(COc2ccccc2F)nnc1SCC(=O)NC(=O)Cc1ccccc1. The summed E-state index contributed by atoms with van der Waals surface area (Å²) in [6.45, 7) is 2.28. The van der Waals surface area contributed by atoms with E-state index in [0.29, 0.717) is 17.6 Å². The maximum atomic E-state index is 13.9. The number of nitrogens with one attached hydrogen (secondary N) is 1. The van der Waals surface area contributed by atoms with Crippen LogP contribution >= 0.6 is 11.8 Å². The first-order valence-corrected chi connectivity index (χ1v) is 11.3. The van der Waals surface area contributed by atoms with Crippen molar-refractivity contribution in [3.63, 3.8) is 0 Å². The van der Waals surface area contributed by atoms with Crippen molar-refractivity contribution in [1.29, 1.82) is 0 Å². The summed E-state index contributed by atoms with van der Waals surface area (Å²) < 4.78 is 26.5. The molecule has 0 aliphatic rings. The van der Waals surface area contributed by atoms with Crippen molar-refractivity contribution >= 4 is 23.6 Å². The van der Waals surface area contributed by atoms with Crippen molar-refractivity contribution < 1.29 is 23.5 Å². The second-order valence-corrected chi connectivity index (χ2v) is 8.16. The van der Waals surface area contributed by atoms with E-state index in [1.165, 1.54) is 12.1 Å². The van der Waals surface area contributed by atoms with Gasteiger partial charge in [-0.1, -0.05) is 54.2 Å². The molecule has 1 N–H and O–H groups in total. The van der Waals surface area contributed by atoms with Crippen molar-refractivity contribution in [1.82, 2.24) is 20.1 Å². The van der Waals surface area contributed by atoms with Gasteiger partial charge in [-0.3, -0.25) is 19.5 Å². The molecule has 0 bridgehead atoms. The summed E-state index contributed by atoms with van der Waals surface area (Å²) in [6, 6.07) is 15.1. The molecule has 3 aromatic rings. The molecule has 33 heavy (non-hydrogen) atoms. The molecular weight excluding hydrogens is 447 g/mol. The molecule has 0 saturated heterocycles. The number of halogens is 1. The molecule has 10 heteroatoms. The maximum absolute atomic E-state index is 13.9. The molecular formula is C23H25FN4O4S. The molecule has 0 radical (unpaired) electrons. The topological polar surface area (TPSA) is 95.3 Å². The van der Waals surface area contributed by atoms with Crippen molar-refractivity contribution in [2.24, 2.45) is 0 Å². The lowest BCUT2D eigenvalue weighted by Crippen LogP contribution is -2.33. The number of rotatable bonds is 11. The van der Waals surface area contributed by atoms with Gasteiger partial charge in [0.1, 0.15) is 6.61 Å². The van der Waals surface area contributed by atoms with Crippen molar-refractivity contribution in [3.05, 3.63) is 71.8 Å². The highest BCUT2D eigenvalue weighted by atomic mass is 32.2. The van der Waals surface area contributed by atoms with Crippen LogP contribution < -0.4 is 10.1 Å². The number of imide groups is 1. The standard InChI is InChI=1S/C23H25FN4O4S/c1-16(13-31-2)28-20(14-32-19-11-7-6-10-18(19)24)26-27-23(28)33-15-22(30)25-21(29)12-17-8-4-3-5-9-17/h3-11,16H,12-15H2,1-2H3,(H,25,29,30). The number of amides is 2. The van der Waals surface area contributed by atoms with Gasteiger partial charge in [-0.25, -0.2) is 4.39 Å². The second-order valence-electron chi connectivity index (χ2n) is 7.21. The van der Waals surface area contributed by atoms with E-state index in [9.17, 15) is 14.0 Å². The Morgan fingerprint density at radius 1 is 1.09 bits per heavy atom. The zero-order chi connectivity index (χ0) is 23.6. The highest BCUT2D eigenvalue weighted by molar-refractivity contribution is 7.99. The molecule has 1 atom stereocenters. The smallest absolute Gasteiger partial charge is 0.237 e. The Labute approximate surface area is 195 Å². The van der Waals surface area contributed by atoms with Crippen molar-refractivity contribution in [3.8, 4) is 5.75 Å². The summed E-state index contributed by atoms with van der Waals surface area (Å²) in [6.07, 6.45) is 0.121. The van der Waals surface area contributed by atoms with E-state index in [1.54, 1.807) is 23.8 Å². The van der Waals surface area contributed by atoms with E-state index >= 15 is 0 Å². The molecule has 1 aromatic heterocycles. The van der Waals surface area contributed by atoms with E-state index in [4.69, 9.17) is 9.47 Å². The summed E-state index contributed by atoms with van der Waals surface area (Å²) in [5, 5.41) is 11.2. The summed E-state index contributed by atoms with van der Waals surface area (Å²) in [5.41, 5.74) is 0.822. The largest absolute Gasteiger partial charge is 0.483 e. The maximum Gasteiger partial charge on any atom is 0.237 e. The van der Waals surface area contributed by atoms with E-state index in [1.807, 2.05) is 37.3 Å². The van der Waals surface area contributed by atoms with E-state index in [2.05, 4.69) is 15.5 Å². The molecule has 1 heterocycles. The molecule has 174 valence electrons. The van der Waals surface area contributed by atoms with Gasteiger partial charge < -0.3 is 9.47 Å². The average molecular weight is 473 g/mol. The summed E-state index contributed by atoms with van der Waals surface area (Å²) in [4.78, 5) is 24.4. The summed E-state index contributed by atoms with van der Waals surface area (Å²) in [7, 11) is 1.58. The molecule has 1 unspecified atom stereocenters. The third-order valence-electron chi connectivity index (χ3n) is 4.60. The number of para-hydroxylation sites is 1. The van der Waals surface area contributed by atoms with Crippen LogP contribution in [0.15, 0.2) is 59.8 Å². The number of ether oxygens (including phenoxy) is 2. The number of nitrogens with zero attached hydrogens (tertiary/aromatic N) is 3. The predicted molar refractivity (Wildman–Crippen MR) is 121 cm³/mol. The molecule has 2 aromatic carbocycles. The summed E-state index contributed by atoms with van der Waals surface area (Å²) >= 11 is 1.14. The lowest BCUT2D eigenvalue weighted by molar-refractivity contribution is -0.128. The normalized spacial score (nSPS) is 11.7. The Hall–Kier alpha value is -3.24. The van der Waals surface area contributed by atoms with Crippen LogP contribution in [0, 0.1) is 5.82 Å². The third-order valence-corrected chi connectivity index (χ3v) is 5.54. The van der Waals surface area contributed by atoms with Gasteiger partial charge >= 0.3 is 0 Å². The highest BCUT2D eigenvalue weighted by Gasteiger charge is 2.20. The molecule has 8 nitrogen and oxygen atoms in total. The van der Waals surface area contributed by atoms with Gasteiger partial charge in [0.15, 0.2) is 22.5 Å². The number of thioether (sulfide) groups is 1. The fraction of sp³-hybridized carbons (Fsp3) is 0.304. The van der Waals surface area contributed by atoms with Gasteiger partial charge in [-0.2, -0.15) is 0 Å². The fourth-order valence-corrected chi connectivity index (χ4v) is 3.97. The lowest BCUT2D eigenvalue weighted by atomic mass is 10.1. The third kappa shape index (κ3) is 7.13. The minimum absolute atomic E-state index is 0.00962. The van der Waals surface area contributed by atoms with E-state index in [0.717, 1.165) is 17.3 Å². The number of methoxy groups -OCH3 is 1. The van der Waals surface area contributed by atoms with E-state index < -0.39 is 11.7 Å². The predicted octanol–water partition coefficient (Wildman–Crippen LogP) is 3.18. The van der Waals surface area contributed by atoms with Crippen LogP contribution in [0.1, 0.15) is 24.4 Å². The Morgan fingerprint density at radius 2 is 1.82 bits per heavy atom. The van der Waals surface area contributed by atoms with Crippen LogP contribution in [0.5, 0.6) is 5.75 Å². The molecule has 0 aliphatic heterocycles. The Morgan fingerprint density at radius 3 is 2.55 bits per heavy atom. The first-order valence-electron chi connectivity index (χ1n) is 10.3. The molecule has 0 spiro atoms. The van der Waals surface area contributed by atoms with Gasteiger partial charge in [0.05, 0.1) is 24.8 Å². The number of hydrogen-bond donors (Lipinski definition) is 1. The second kappa shape index (κ2) is 12.1. The highest BCUT2D eigenvalue weighted by Crippen LogP contribution is 2.24. The Bertz CT molecular complexity index is 1080. The Kier molecular flexibility index (Phi) is 8.96. The quantitative estimate of drug-likeness (QED) is 0.428. The molecule has 0 saturated carbocycles. The monoisotopic (exact) mass is 472 g/mol. The van der Waals surface area contributed by atoms with Crippen molar-refractivity contribution in [2.75, 3.05) is 19.5 Å². The van der Waals surface area contributed by atoms with Crippen LogP contribution in [0.25, 0.3) is 0 Å². The first kappa shape index (κ1) is 24.4. The lowest BCUT2D eigenvalue weighted by Gasteiger charge is -2.17. The van der Waals surface area contributed by atoms with Gasteiger partial charge in [0.2, 0.25) is 11.8 Å². The number of aromatic nitrogens is 3. The minimum atomic E-state index is -0.472. The number of carbonyl (C=O) groups is 2. The first-order chi connectivity index (χ1) is 16.0. The fourth-order valence-electron chi connectivity index (χ4n) is 3.11. The summed E-state index contributed by atoms with van der Waals surface area (Å²) in [5.74, 6) is -0.728. The van der Waals surface area contributed by atoms with Gasteiger partial charge in [-0.15, -0.1) is 10.2 Å². The van der Waals surface area contributed by atoms with Crippen LogP contribution in [0.4, 0.5) is 4.39 Å². The number of carbonyl (C=O) groups excluding carboxylic acids is 2. The number of benzene rings is 2. The zero-order valence-corrected chi connectivity index (χ0v) is 19.2. The molecule has 3 rings (SSSR count). The molecule has 2 amide bonds. The van der Waals surface area contributed by atoms with Crippen LogP contribution in [0.2, 0.25) is 0 Å². The zero-order valence-electron chi connectivity index (χ0n) is 18.4. The number of hydrogen-bond acceptors (Lipinski definition) is 7. The van der Waals surface area contributed by atoms with Crippen LogP contribution in [0.3, 0.4) is 0 Å². The van der Waals surface area contributed by atoms with Crippen LogP contribution in [-0.4, -0.2) is 46.0 Å². The van der Waals surface area contributed by atoms with Gasteiger partial charge in [-0.05, 0) is 24.6 Å². The Balaban J connectivity index is 1.62. The molecule has 0 fully saturated rings. The minimum Gasteiger partial charge on any atom is -0.483 e. The molecule has 0 aliphatic carbocycles. The van der Waals surface area contributed by atoms with Gasteiger partial charge in [0, 0.05) is 7.11 Å². The van der Waals surface area contributed by atoms with Gasteiger partial charge in [0.25, 0.3) is 0 Å². The van der Waals surface area contributed by atoms with E-state index in [-0.39, 0.29) is 36.5 Å². The average Bonchev–Trinajstić information content (AvgIpc) is 3.21. The van der Waals surface area contributed by atoms with Crippen LogP contribution in [-0.2, 0) is 27.4 Å².